The molecule has 0 spiro atoms. The molecule has 116 valence electrons. The number of hydrogen-bond acceptors (Lipinski definition) is 3. The van der Waals surface area contributed by atoms with E-state index >= 15 is 0 Å². The van der Waals surface area contributed by atoms with Gasteiger partial charge in [0.15, 0.2) is 0 Å². The maximum absolute atomic E-state index is 10.4. The van der Waals surface area contributed by atoms with E-state index in [0.717, 1.165) is 33.4 Å². The van der Waals surface area contributed by atoms with Crippen molar-refractivity contribution in [1.29, 1.82) is 0 Å². The molecule has 0 heterocycles. The summed E-state index contributed by atoms with van der Waals surface area (Å²) in [5.74, 6) is -0.264. The molecule has 4 heteroatoms. The normalized spacial score (nSPS) is 17.2. The molecule has 0 unspecified atom stereocenters. The number of hydrogen-bond donors (Lipinski definition) is 1. The second kappa shape index (κ2) is 6.95. The van der Waals surface area contributed by atoms with Gasteiger partial charge in [-0.3, -0.25) is 0 Å². The molecule has 1 aliphatic rings. The van der Waals surface area contributed by atoms with Crippen LogP contribution in [0.25, 0.3) is 0 Å². The Balaban J connectivity index is 1.65. The van der Waals surface area contributed by atoms with Crippen molar-refractivity contribution in [3.8, 4) is 5.75 Å². The van der Waals surface area contributed by atoms with Gasteiger partial charge in [0.2, 0.25) is 5.79 Å². The number of benzene rings is 2. The Kier molecular flexibility index (Phi) is 4.97. The van der Waals surface area contributed by atoms with Crippen LogP contribution in [0.3, 0.4) is 0 Å². The molecular formula is C18H19ClO2S. The van der Waals surface area contributed by atoms with E-state index in [9.17, 15) is 5.11 Å². The third-order valence-corrected chi connectivity index (χ3v) is 5.03. The Morgan fingerprint density at radius 3 is 2.36 bits per heavy atom. The highest BCUT2D eigenvalue weighted by Crippen LogP contribution is 2.33. The predicted octanol–water partition coefficient (Wildman–Crippen LogP) is 5.52. The zero-order valence-corrected chi connectivity index (χ0v) is 13.9. The Hall–Kier alpha value is -1.16. The van der Waals surface area contributed by atoms with Gasteiger partial charge in [-0.05, 0) is 55.3 Å². The summed E-state index contributed by atoms with van der Waals surface area (Å²) in [4.78, 5) is 2.22. The van der Waals surface area contributed by atoms with Crippen LogP contribution in [0.2, 0.25) is 5.02 Å². The molecule has 2 aromatic rings. The van der Waals surface area contributed by atoms with Gasteiger partial charge in [0.25, 0.3) is 0 Å². The summed E-state index contributed by atoms with van der Waals surface area (Å²) in [5.41, 5.74) is 0. The van der Waals surface area contributed by atoms with E-state index in [1.807, 2.05) is 48.5 Å². The van der Waals surface area contributed by atoms with Gasteiger partial charge in [0.1, 0.15) is 5.75 Å². The highest BCUT2D eigenvalue weighted by atomic mass is 35.5. The topological polar surface area (TPSA) is 29.5 Å². The summed E-state index contributed by atoms with van der Waals surface area (Å²) < 4.78 is 5.79. The molecule has 3 rings (SSSR count). The minimum Gasteiger partial charge on any atom is -0.463 e. The summed E-state index contributed by atoms with van der Waals surface area (Å²) in [7, 11) is 0. The fourth-order valence-corrected chi connectivity index (χ4v) is 3.80. The zero-order valence-electron chi connectivity index (χ0n) is 12.3. The minimum atomic E-state index is -0.986. The maximum atomic E-state index is 10.4. The van der Waals surface area contributed by atoms with Crippen LogP contribution < -0.4 is 4.74 Å². The SMILES string of the molecule is OC1(Oc2ccc(Sc3cccc(Cl)c3)cc2)CCCCC1. The molecule has 0 atom stereocenters. The molecule has 2 nitrogen and oxygen atoms in total. The number of halogens is 1. The number of aliphatic hydroxyl groups is 1. The van der Waals surface area contributed by atoms with E-state index in [2.05, 4.69) is 0 Å². The third kappa shape index (κ3) is 4.19. The van der Waals surface area contributed by atoms with Crippen molar-refractivity contribution in [2.24, 2.45) is 0 Å². The Bertz CT molecular complexity index is 621. The molecule has 0 radical (unpaired) electrons. The lowest BCUT2D eigenvalue weighted by molar-refractivity contribution is -0.158. The molecule has 0 aromatic heterocycles. The summed E-state index contributed by atoms with van der Waals surface area (Å²) in [6.07, 6.45) is 4.66. The lowest BCUT2D eigenvalue weighted by Gasteiger charge is -2.32. The fourth-order valence-electron chi connectivity index (χ4n) is 2.67. The molecule has 1 saturated carbocycles. The van der Waals surface area contributed by atoms with Gasteiger partial charge >= 0.3 is 0 Å². The van der Waals surface area contributed by atoms with Gasteiger partial charge in [-0.1, -0.05) is 35.9 Å². The van der Waals surface area contributed by atoms with Crippen LogP contribution in [0.4, 0.5) is 0 Å². The largest absolute Gasteiger partial charge is 0.463 e. The van der Waals surface area contributed by atoms with Gasteiger partial charge < -0.3 is 9.84 Å². The van der Waals surface area contributed by atoms with Gasteiger partial charge in [0.05, 0.1) is 0 Å². The first-order chi connectivity index (χ1) is 10.6. The summed E-state index contributed by atoms with van der Waals surface area (Å²) in [6, 6.07) is 15.6. The summed E-state index contributed by atoms with van der Waals surface area (Å²) in [5, 5.41) is 11.2. The Morgan fingerprint density at radius 2 is 1.68 bits per heavy atom. The van der Waals surface area contributed by atoms with Crippen molar-refractivity contribution >= 4 is 23.4 Å². The van der Waals surface area contributed by atoms with Crippen molar-refractivity contribution in [3.63, 3.8) is 0 Å². The summed E-state index contributed by atoms with van der Waals surface area (Å²) >= 11 is 7.65. The zero-order chi connectivity index (χ0) is 15.4. The predicted molar refractivity (Wildman–Crippen MR) is 90.7 cm³/mol. The van der Waals surface area contributed by atoms with Gasteiger partial charge in [-0.2, -0.15) is 0 Å². The Morgan fingerprint density at radius 1 is 0.955 bits per heavy atom. The lowest BCUT2D eigenvalue weighted by atomic mass is 9.94. The number of ether oxygens (including phenoxy) is 1. The maximum Gasteiger partial charge on any atom is 0.208 e. The lowest BCUT2D eigenvalue weighted by Crippen LogP contribution is -2.37. The molecule has 0 aliphatic heterocycles. The van der Waals surface area contributed by atoms with Crippen LogP contribution >= 0.6 is 23.4 Å². The van der Waals surface area contributed by atoms with Crippen LogP contribution in [-0.4, -0.2) is 10.9 Å². The van der Waals surface area contributed by atoms with E-state index in [4.69, 9.17) is 16.3 Å². The van der Waals surface area contributed by atoms with Crippen molar-refractivity contribution in [2.45, 2.75) is 47.7 Å². The molecular weight excluding hydrogens is 316 g/mol. The van der Waals surface area contributed by atoms with Crippen LogP contribution in [-0.2, 0) is 0 Å². The van der Waals surface area contributed by atoms with E-state index < -0.39 is 5.79 Å². The standard InChI is InChI=1S/C18H19ClO2S/c19-14-5-4-6-17(13-14)22-16-9-7-15(8-10-16)21-18(20)11-2-1-3-12-18/h4-10,13,20H,1-3,11-12H2. The first-order valence-corrected chi connectivity index (χ1v) is 8.77. The fraction of sp³-hybridized carbons (Fsp3) is 0.333. The molecule has 22 heavy (non-hydrogen) atoms. The molecule has 1 fully saturated rings. The molecule has 1 N–H and O–H groups in total. The smallest absolute Gasteiger partial charge is 0.208 e. The second-order valence-electron chi connectivity index (χ2n) is 5.64. The highest BCUT2D eigenvalue weighted by Gasteiger charge is 2.31. The average molecular weight is 335 g/mol. The molecule has 2 aromatic carbocycles. The first-order valence-electron chi connectivity index (χ1n) is 7.58. The molecule has 1 aliphatic carbocycles. The summed E-state index contributed by atoms with van der Waals surface area (Å²) in [6.45, 7) is 0. The quantitative estimate of drug-likeness (QED) is 0.746. The Labute approximate surface area is 140 Å². The second-order valence-corrected chi connectivity index (χ2v) is 7.22. The van der Waals surface area contributed by atoms with Crippen LogP contribution in [0.5, 0.6) is 5.75 Å². The van der Waals surface area contributed by atoms with Gasteiger partial charge in [-0.15, -0.1) is 0 Å². The monoisotopic (exact) mass is 334 g/mol. The molecule has 0 bridgehead atoms. The van der Waals surface area contributed by atoms with Crippen molar-refractivity contribution in [1.82, 2.24) is 0 Å². The number of rotatable bonds is 4. The molecule has 0 amide bonds. The first kappa shape index (κ1) is 15.7. The van der Waals surface area contributed by atoms with E-state index in [0.29, 0.717) is 12.8 Å². The molecule has 0 saturated heterocycles. The van der Waals surface area contributed by atoms with Crippen LogP contribution in [0.15, 0.2) is 58.3 Å². The van der Waals surface area contributed by atoms with Gasteiger partial charge in [-0.25, -0.2) is 0 Å². The van der Waals surface area contributed by atoms with Crippen molar-refractivity contribution in [3.05, 3.63) is 53.6 Å². The van der Waals surface area contributed by atoms with Crippen LogP contribution in [0.1, 0.15) is 32.1 Å². The van der Waals surface area contributed by atoms with Crippen molar-refractivity contribution < 1.29 is 9.84 Å². The third-order valence-electron chi connectivity index (χ3n) is 3.80. The minimum absolute atomic E-state index is 0.714. The van der Waals surface area contributed by atoms with Crippen molar-refractivity contribution in [2.75, 3.05) is 0 Å². The van der Waals surface area contributed by atoms with Gasteiger partial charge in [0, 0.05) is 27.7 Å². The van der Waals surface area contributed by atoms with E-state index in [1.54, 1.807) is 11.8 Å². The average Bonchev–Trinajstić information content (AvgIpc) is 2.50. The van der Waals surface area contributed by atoms with Crippen LogP contribution in [0, 0.1) is 0 Å². The highest BCUT2D eigenvalue weighted by molar-refractivity contribution is 7.99. The van der Waals surface area contributed by atoms with E-state index in [1.165, 1.54) is 6.42 Å². The van der Waals surface area contributed by atoms with E-state index in [-0.39, 0.29) is 0 Å².